The molecule has 1 aromatic carbocycles. The number of para-hydroxylation sites is 1. The Balaban J connectivity index is 2.95. The van der Waals surface area contributed by atoms with Crippen LogP contribution in [-0.4, -0.2) is 23.9 Å². The molecule has 0 aromatic heterocycles. The van der Waals surface area contributed by atoms with Crippen molar-refractivity contribution >= 4 is 17.3 Å². The van der Waals surface area contributed by atoms with Crippen LogP contribution in [0.5, 0.6) is 0 Å². The SMILES string of the molecule is CCNc1c(C(=O)NCCC(C)C)cccc1[N+](=O)[O-]. The van der Waals surface area contributed by atoms with Crippen LogP contribution < -0.4 is 10.6 Å². The van der Waals surface area contributed by atoms with E-state index in [0.29, 0.717) is 24.6 Å². The number of benzene rings is 1. The summed E-state index contributed by atoms with van der Waals surface area (Å²) in [5.41, 5.74) is 0.509. The molecule has 0 radical (unpaired) electrons. The minimum Gasteiger partial charge on any atom is -0.379 e. The van der Waals surface area contributed by atoms with E-state index in [1.807, 2.05) is 6.92 Å². The van der Waals surface area contributed by atoms with Gasteiger partial charge in [0, 0.05) is 19.2 Å². The second-order valence-corrected chi connectivity index (χ2v) is 4.93. The molecule has 1 aromatic rings. The smallest absolute Gasteiger partial charge is 0.293 e. The highest BCUT2D eigenvalue weighted by molar-refractivity contribution is 6.01. The molecule has 0 aliphatic rings. The van der Waals surface area contributed by atoms with E-state index in [0.717, 1.165) is 6.42 Å². The normalized spacial score (nSPS) is 10.4. The summed E-state index contributed by atoms with van der Waals surface area (Å²) in [6.45, 7) is 7.05. The maximum atomic E-state index is 12.1. The molecule has 1 amide bonds. The summed E-state index contributed by atoms with van der Waals surface area (Å²) in [5, 5.41) is 16.7. The minimum atomic E-state index is -0.483. The van der Waals surface area contributed by atoms with Gasteiger partial charge in [0.05, 0.1) is 10.5 Å². The van der Waals surface area contributed by atoms with Gasteiger partial charge in [0.25, 0.3) is 11.6 Å². The van der Waals surface area contributed by atoms with Crippen molar-refractivity contribution in [3.63, 3.8) is 0 Å². The van der Waals surface area contributed by atoms with Crippen molar-refractivity contribution in [2.24, 2.45) is 5.92 Å². The van der Waals surface area contributed by atoms with E-state index in [4.69, 9.17) is 0 Å². The highest BCUT2D eigenvalue weighted by Crippen LogP contribution is 2.28. The molecular weight excluding hydrogens is 258 g/mol. The van der Waals surface area contributed by atoms with Gasteiger partial charge < -0.3 is 10.6 Å². The van der Waals surface area contributed by atoms with Crippen LogP contribution in [-0.2, 0) is 0 Å². The molecule has 2 N–H and O–H groups in total. The molecule has 1 rings (SSSR count). The average molecular weight is 279 g/mol. The molecule has 6 heteroatoms. The van der Waals surface area contributed by atoms with Crippen LogP contribution in [0.2, 0.25) is 0 Å². The quantitative estimate of drug-likeness (QED) is 0.593. The lowest BCUT2D eigenvalue weighted by atomic mass is 10.1. The fourth-order valence-electron chi connectivity index (χ4n) is 1.81. The topological polar surface area (TPSA) is 84.3 Å². The Morgan fingerprint density at radius 2 is 2.10 bits per heavy atom. The Hall–Kier alpha value is -2.11. The van der Waals surface area contributed by atoms with Crippen molar-refractivity contribution in [2.75, 3.05) is 18.4 Å². The molecule has 110 valence electrons. The summed E-state index contributed by atoms with van der Waals surface area (Å²) in [7, 11) is 0. The Kier molecular flexibility index (Phi) is 5.96. The molecule has 0 heterocycles. The number of rotatable bonds is 7. The summed E-state index contributed by atoms with van der Waals surface area (Å²) in [5.74, 6) is 0.207. The molecule has 0 aliphatic heterocycles. The van der Waals surface area contributed by atoms with Crippen LogP contribution in [0, 0.1) is 16.0 Å². The van der Waals surface area contributed by atoms with Crippen molar-refractivity contribution < 1.29 is 9.72 Å². The summed E-state index contributed by atoms with van der Waals surface area (Å²) < 4.78 is 0. The third-order valence-electron chi connectivity index (χ3n) is 2.84. The number of nitro groups is 1. The fraction of sp³-hybridized carbons (Fsp3) is 0.500. The van der Waals surface area contributed by atoms with E-state index in [-0.39, 0.29) is 17.3 Å². The molecule has 0 fully saturated rings. The Bertz CT molecular complexity index is 487. The maximum absolute atomic E-state index is 12.1. The van der Waals surface area contributed by atoms with Crippen molar-refractivity contribution in [3.05, 3.63) is 33.9 Å². The first-order valence-electron chi connectivity index (χ1n) is 6.76. The third-order valence-corrected chi connectivity index (χ3v) is 2.84. The van der Waals surface area contributed by atoms with Gasteiger partial charge in [-0.2, -0.15) is 0 Å². The zero-order valence-corrected chi connectivity index (χ0v) is 12.1. The molecule has 0 unspecified atom stereocenters. The summed E-state index contributed by atoms with van der Waals surface area (Å²) in [4.78, 5) is 22.6. The predicted octanol–water partition coefficient (Wildman–Crippen LogP) is 2.80. The monoisotopic (exact) mass is 279 g/mol. The van der Waals surface area contributed by atoms with Crippen LogP contribution in [0.1, 0.15) is 37.6 Å². The Labute approximate surface area is 118 Å². The van der Waals surface area contributed by atoms with Gasteiger partial charge in [-0.15, -0.1) is 0 Å². The van der Waals surface area contributed by atoms with Crippen molar-refractivity contribution in [1.29, 1.82) is 0 Å². The molecular formula is C14H21N3O3. The second-order valence-electron chi connectivity index (χ2n) is 4.93. The lowest BCUT2D eigenvalue weighted by molar-refractivity contribution is -0.384. The van der Waals surface area contributed by atoms with Crippen LogP contribution >= 0.6 is 0 Å². The molecule has 0 bridgehead atoms. The van der Waals surface area contributed by atoms with E-state index in [9.17, 15) is 14.9 Å². The number of carbonyl (C=O) groups excluding carboxylic acids is 1. The van der Waals surface area contributed by atoms with Gasteiger partial charge in [-0.25, -0.2) is 0 Å². The zero-order chi connectivity index (χ0) is 15.1. The first-order valence-corrected chi connectivity index (χ1v) is 6.76. The van der Waals surface area contributed by atoms with Crippen LogP contribution in [0.25, 0.3) is 0 Å². The molecule has 0 spiro atoms. The number of nitrogens with zero attached hydrogens (tertiary/aromatic N) is 1. The van der Waals surface area contributed by atoms with Gasteiger partial charge in [0.2, 0.25) is 0 Å². The highest BCUT2D eigenvalue weighted by atomic mass is 16.6. The lowest BCUT2D eigenvalue weighted by Gasteiger charge is -2.12. The van der Waals surface area contributed by atoms with E-state index >= 15 is 0 Å². The second kappa shape index (κ2) is 7.47. The molecule has 6 nitrogen and oxygen atoms in total. The van der Waals surface area contributed by atoms with Gasteiger partial charge in [-0.3, -0.25) is 14.9 Å². The van der Waals surface area contributed by atoms with Gasteiger partial charge >= 0.3 is 0 Å². The predicted molar refractivity (Wildman–Crippen MR) is 79.0 cm³/mol. The lowest BCUT2D eigenvalue weighted by Crippen LogP contribution is -2.26. The van der Waals surface area contributed by atoms with Crippen molar-refractivity contribution in [1.82, 2.24) is 5.32 Å². The van der Waals surface area contributed by atoms with Gasteiger partial charge in [0.15, 0.2) is 0 Å². The number of hydrogen-bond acceptors (Lipinski definition) is 4. The maximum Gasteiger partial charge on any atom is 0.293 e. The molecule has 0 atom stereocenters. The van der Waals surface area contributed by atoms with Gasteiger partial charge in [-0.1, -0.05) is 19.9 Å². The van der Waals surface area contributed by atoms with E-state index in [2.05, 4.69) is 24.5 Å². The van der Waals surface area contributed by atoms with Crippen molar-refractivity contribution in [2.45, 2.75) is 27.2 Å². The van der Waals surface area contributed by atoms with Crippen LogP contribution in [0.3, 0.4) is 0 Å². The standard InChI is InChI=1S/C14H21N3O3/c1-4-15-13-11(6-5-7-12(13)17(19)20)14(18)16-9-8-10(2)3/h5-7,10,15H,4,8-9H2,1-3H3,(H,16,18). The van der Waals surface area contributed by atoms with E-state index in [1.165, 1.54) is 12.1 Å². The third kappa shape index (κ3) is 4.22. The zero-order valence-electron chi connectivity index (χ0n) is 12.1. The number of anilines is 1. The fourth-order valence-corrected chi connectivity index (χ4v) is 1.81. The number of amides is 1. The minimum absolute atomic E-state index is 0.0802. The largest absolute Gasteiger partial charge is 0.379 e. The summed E-state index contributed by atoms with van der Waals surface area (Å²) in [6, 6.07) is 4.51. The van der Waals surface area contributed by atoms with E-state index in [1.54, 1.807) is 6.07 Å². The number of nitrogens with one attached hydrogen (secondary N) is 2. The van der Waals surface area contributed by atoms with Crippen molar-refractivity contribution in [3.8, 4) is 0 Å². The first kappa shape index (κ1) is 15.9. The molecule has 0 saturated carbocycles. The van der Waals surface area contributed by atoms with Gasteiger partial charge in [-0.05, 0) is 25.3 Å². The summed E-state index contributed by atoms with van der Waals surface area (Å²) in [6.07, 6.45) is 0.872. The number of nitro benzene ring substituents is 1. The first-order chi connectivity index (χ1) is 9.47. The number of carbonyl (C=O) groups is 1. The average Bonchev–Trinajstić information content (AvgIpc) is 2.38. The number of hydrogen-bond donors (Lipinski definition) is 2. The summed E-state index contributed by atoms with van der Waals surface area (Å²) >= 11 is 0. The van der Waals surface area contributed by atoms with Crippen LogP contribution in [0.4, 0.5) is 11.4 Å². The molecule has 20 heavy (non-hydrogen) atoms. The highest BCUT2D eigenvalue weighted by Gasteiger charge is 2.20. The molecule has 0 saturated heterocycles. The van der Waals surface area contributed by atoms with Crippen LogP contribution in [0.15, 0.2) is 18.2 Å². The Morgan fingerprint density at radius 3 is 2.65 bits per heavy atom. The Morgan fingerprint density at radius 1 is 1.40 bits per heavy atom. The molecule has 0 aliphatic carbocycles. The van der Waals surface area contributed by atoms with Gasteiger partial charge in [0.1, 0.15) is 5.69 Å². The van der Waals surface area contributed by atoms with E-state index < -0.39 is 4.92 Å².